The number of rotatable bonds is 6. The molecule has 0 atom stereocenters. The number of esters is 2. The molecule has 0 saturated heterocycles. The zero-order valence-electron chi connectivity index (χ0n) is 17.5. The first kappa shape index (κ1) is 20.6. The molecule has 0 bridgehead atoms. The van der Waals surface area contributed by atoms with Crippen molar-refractivity contribution in [3.05, 3.63) is 71.5 Å². The number of H-pyrrole nitrogens is 1. The third kappa shape index (κ3) is 4.13. The number of aromatic amines is 1. The van der Waals surface area contributed by atoms with E-state index in [1.165, 1.54) is 0 Å². The summed E-state index contributed by atoms with van der Waals surface area (Å²) in [5.41, 5.74) is 2.85. The van der Waals surface area contributed by atoms with Crippen LogP contribution in [0.25, 0.3) is 21.8 Å². The lowest BCUT2D eigenvalue weighted by molar-refractivity contribution is 0.0366. The lowest BCUT2D eigenvalue weighted by atomic mass is 10.1. The fourth-order valence-corrected chi connectivity index (χ4v) is 3.47. The van der Waals surface area contributed by atoms with Gasteiger partial charge in [0.05, 0.1) is 30.0 Å². The second kappa shape index (κ2) is 8.57. The number of pyridine rings is 1. The van der Waals surface area contributed by atoms with Crippen molar-refractivity contribution in [2.45, 2.75) is 26.6 Å². The highest BCUT2D eigenvalue weighted by molar-refractivity contribution is 6.11. The molecule has 7 heteroatoms. The van der Waals surface area contributed by atoms with Gasteiger partial charge in [-0.15, -0.1) is 0 Å². The average molecular weight is 418 g/mol. The van der Waals surface area contributed by atoms with Gasteiger partial charge in [-0.1, -0.05) is 18.2 Å². The average Bonchev–Trinajstić information content (AvgIpc) is 3.12. The Morgan fingerprint density at radius 1 is 1.03 bits per heavy atom. The summed E-state index contributed by atoms with van der Waals surface area (Å²) < 4.78 is 16.3. The Hall–Kier alpha value is -3.71. The second-order valence-electron chi connectivity index (χ2n) is 7.35. The summed E-state index contributed by atoms with van der Waals surface area (Å²) in [5, 5.41) is 1.57. The largest absolute Gasteiger partial charge is 0.458 e. The van der Waals surface area contributed by atoms with Gasteiger partial charge in [0.1, 0.15) is 5.75 Å². The van der Waals surface area contributed by atoms with Crippen LogP contribution in [0.2, 0.25) is 0 Å². The van der Waals surface area contributed by atoms with Crippen LogP contribution in [0, 0.1) is 0 Å². The predicted molar refractivity (Wildman–Crippen MR) is 116 cm³/mol. The number of benzene rings is 2. The Kier molecular flexibility index (Phi) is 5.68. The first-order valence-corrected chi connectivity index (χ1v) is 9.88. The summed E-state index contributed by atoms with van der Waals surface area (Å²) in [7, 11) is 1.55. The van der Waals surface area contributed by atoms with Crippen molar-refractivity contribution < 1.29 is 23.8 Å². The SMILES string of the molecule is COCc1c(C(=O)OC(C)C)ncc2[nH]c3ccc(OC(=O)c4ccccc4)cc3c12. The van der Waals surface area contributed by atoms with E-state index in [0.717, 1.165) is 21.8 Å². The number of hydrogen-bond donors (Lipinski definition) is 1. The molecule has 0 saturated carbocycles. The third-order valence-electron chi connectivity index (χ3n) is 4.75. The van der Waals surface area contributed by atoms with Crippen LogP contribution in [-0.2, 0) is 16.1 Å². The molecule has 0 spiro atoms. The molecule has 0 unspecified atom stereocenters. The summed E-state index contributed by atoms with van der Waals surface area (Å²) in [6.07, 6.45) is 1.33. The van der Waals surface area contributed by atoms with Crippen LogP contribution in [0.4, 0.5) is 0 Å². The van der Waals surface area contributed by atoms with Gasteiger partial charge in [-0.25, -0.2) is 14.6 Å². The van der Waals surface area contributed by atoms with Crippen LogP contribution in [0.1, 0.15) is 40.3 Å². The Labute approximate surface area is 178 Å². The van der Waals surface area contributed by atoms with E-state index < -0.39 is 11.9 Å². The molecule has 0 aliphatic carbocycles. The van der Waals surface area contributed by atoms with Gasteiger partial charge in [0.25, 0.3) is 0 Å². The van der Waals surface area contributed by atoms with Crippen molar-refractivity contribution >= 4 is 33.7 Å². The summed E-state index contributed by atoms with van der Waals surface area (Å²) in [5.74, 6) is -0.557. The molecular formula is C24H22N2O5. The van der Waals surface area contributed by atoms with Crippen molar-refractivity contribution in [2.75, 3.05) is 7.11 Å². The van der Waals surface area contributed by atoms with Crippen LogP contribution in [0.3, 0.4) is 0 Å². The molecule has 2 aromatic heterocycles. The van der Waals surface area contributed by atoms with Crippen molar-refractivity contribution in [2.24, 2.45) is 0 Å². The van der Waals surface area contributed by atoms with Gasteiger partial charge in [-0.2, -0.15) is 0 Å². The number of nitrogens with one attached hydrogen (secondary N) is 1. The molecule has 4 rings (SSSR count). The highest BCUT2D eigenvalue weighted by Gasteiger charge is 2.21. The Morgan fingerprint density at radius 2 is 1.81 bits per heavy atom. The number of aromatic nitrogens is 2. The van der Waals surface area contributed by atoms with Crippen LogP contribution >= 0.6 is 0 Å². The Balaban J connectivity index is 1.81. The standard InChI is InChI=1S/C24H22N2O5/c1-14(2)30-24(28)22-18(13-29-3)21-17-11-16(9-10-19(17)26-20(21)12-25-22)31-23(27)15-7-5-4-6-8-15/h4-12,14,26H,13H2,1-3H3. The number of nitrogens with zero attached hydrogens (tertiary/aromatic N) is 1. The molecule has 158 valence electrons. The van der Waals surface area contributed by atoms with E-state index in [4.69, 9.17) is 14.2 Å². The van der Waals surface area contributed by atoms with Crippen molar-refractivity contribution in [3.8, 4) is 5.75 Å². The zero-order chi connectivity index (χ0) is 22.0. The minimum absolute atomic E-state index is 0.174. The molecule has 1 N–H and O–H groups in total. The topological polar surface area (TPSA) is 90.5 Å². The number of hydrogen-bond acceptors (Lipinski definition) is 6. The lowest BCUT2D eigenvalue weighted by Gasteiger charge is -2.12. The number of carbonyl (C=O) groups is 2. The number of ether oxygens (including phenoxy) is 3. The van der Waals surface area contributed by atoms with E-state index in [9.17, 15) is 9.59 Å². The van der Waals surface area contributed by atoms with E-state index in [-0.39, 0.29) is 18.4 Å². The fourth-order valence-electron chi connectivity index (χ4n) is 3.47. The molecule has 4 aromatic rings. The van der Waals surface area contributed by atoms with E-state index in [0.29, 0.717) is 16.9 Å². The van der Waals surface area contributed by atoms with Gasteiger partial charge in [0, 0.05) is 29.0 Å². The van der Waals surface area contributed by atoms with E-state index in [1.54, 1.807) is 63.6 Å². The highest BCUT2D eigenvalue weighted by Crippen LogP contribution is 2.33. The molecule has 0 radical (unpaired) electrons. The maximum absolute atomic E-state index is 12.6. The number of carbonyl (C=O) groups excluding carboxylic acids is 2. The predicted octanol–water partition coefficient (Wildman–Crippen LogP) is 4.65. The van der Waals surface area contributed by atoms with Crippen LogP contribution < -0.4 is 4.74 Å². The summed E-state index contributed by atoms with van der Waals surface area (Å²) in [4.78, 5) is 32.6. The van der Waals surface area contributed by atoms with E-state index in [2.05, 4.69) is 9.97 Å². The van der Waals surface area contributed by atoms with Crippen LogP contribution in [0.15, 0.2) is 54.7 Å². The minimum Gasteiger partial charge on any atom is -0.458 e. The number of fused-ring (bicyclic) bond motifs is 3. The minimum atomic E-state index is -0.509. The third-order valence-corrected chi connectivity index (χ3v) is 4.75. The molecule has 2 aromatic carbocycles. The van der Waals surface area contributed by atoms with E-state index in [1.807, 2.05) is 12.1 Å². The molecule has 7 nitrogen and oxygen atoms in total. The van der Waals surface area contributed by atoms with E-state index >= 15 is 0 Å². The summed E-state index contributed by atoms with van der Waals surface area (Å²) >= 11 is 0. The lowest BCUT2D eigenvalue weighted by Crippen LogP contribution is -2.15. The Morgan fingerprint density at radius 3 is 2.52 bits per heavy atom. The molecule has 2 heterocycles. The van der Waals surface area contributed by atoms with Gasteiger partial charge in [-0.3, -0.25) is 0 Å². The monoisotopic (exact) mass is 418 g/mol. The smallest absolute Gasteiger partial charge is 0.357 e. The second-order valence-corrected chi connectivity index (χ2v) is 7.35. The summed E-state index contributed by atoms with van der Waals surface area (Å²) in [6, 6.07) is 14.1. The van der Waals surface area contributed by atoms with Crippen LogP contribution in [0.5, 0.6) is 5.75 Å². The Bertz CT molecular complexity index is 1260. The van der Waals surface area contributed by atoms with Gasteiger partial charge in [-0.05, 0) is 44.2 Å². The molecule has 0 amide bonds. The maximum atomic E-state index is 12.6. The van der Waals surface area contributed by atoms with Gasteiger partial charge >= 0.3 is 11.9 Å². The quantitative estimate of drug-likeness (QED) is 0.362. The molecule has 0 aliphatic rings. The fraction of sp³-hybridized carbons (Fsp3) is 0.208. The highest BCUT2D eigenvalue weighted by atomic mass is 16.5. The van der Waals surface area contributed by atoms with Gasteiger partial charge in [0.2, 0.25) is 0 Å². The molecule has 31 heavy (non-hydrogen) atoms. The zero-order valence-corrected chi connectivity index (χ0v) is 17.5. The molecule has 0 aliphatic heterocycles. The first-order chi connectivity index (χ1) is 15.0. The van der Waals surface area contributed by atoms with Crippen molar-refractivity contribution in [1.82, 2.24) is 9.97 Å². The first-order valence-electron chi connectivity index (χ1n) is 9.88. The molecular weight excluding hydrogens is 396 g/mol. The summed E-state index contributed by atoms with van der Waals surface area (Å²) in [6.45, 7) is 3.74. The van der Waals surface area contributed by atoms with Crippen molar-refractivity contribution in [3.63, 3.8) is 0 Å². The normalized spacial score (nSPS) is 11.2. The molecule has 0 fully saturated rings. The maximum Gasteiger partial charge on any atom is 0.357 e. The van der Waals surface area contributed by atoms with Crippen molar-refractivity contribution in [1.29, 1.82) is 0 Å². The van der Waals surface area contributed by atoms with Crippen LogP contribution in [-0.4, -0.2) is 35.1 Å². The van der Waals surface area contributed by atoms with Gasteiger partial charge in [0.15, 0.2) is 5.69 Å². The number of methoxy groups -OCH3 is 1. The van der Waals surface area contributed by atoms with Gasteiger partial charge < -0.3 is 19.2 Å².